The van der Waals surface area contributed by atoms with Crippen LogP contribution in [0.15, 0.2) is 65.3 Å². The normalized spacial score (nSPS) is 12.5. The fourth-order valence-electron chi connectivity index (χ4n) is 3.56. The summed E-state index contributed by atoms with van der Waals surface area (Å²) in [6, 6.07) is 16.0. The molecule has 2 amide bonds. The van der Waals surface area contributed by atoms with E-state index in [1.165, 1.54) is 6.26 Å². The van der Waals surface area contributed by atoms with Gasteiger partial charge >= 0.3 is 0 Å². The maximum absolute atomic E-state index is 12.8. The van der Waals surface area contributed by atoms with Crippen LogP contribution in [-0.4, -0.2) is 34.6 Å². The summed E-state index contributed by atoms with van der Waals surface area (Å²) in [6.45, 7) is 1.15. The van der Waals surface area contributed by atoms with Crippen molar-refractivity contribution in [1.29, 1.82) is 0 Å². The van der Waals surface area contributed by atoms with Gasteiger partial charge < -0.3 is 29.1 Å². The van der Waals surface area contributed by atoms with Crippen LogP contribution in [0.25, 0.3) is 11.0 Å². The van der Waals surface area contributed by atoms with Crippen LogP contribution in [-0.2, 0) is 17.9 Å². The number of carbonyl (C=O) groups is 2. The highest BCUT2D eigenvalue weighted by atomic mass is 16.6. The number of benzene rings is 2. The molecule has 32 heavy (non-hydrogen) atoms. The number of hydrogen-bond donors (Lipinski definition) is 2. The minimum atomic E-state index is -0.352. The summed E-state index contributed by atoms with van der Waals surface area (Å²) in [5.74, 6) is 1.44. The van der Waals surface area contributed by atoms with E-state index in [9.17, 15) is 9.59 Å². The number of aromatic nitrogens is 2. The van der Waals surface area contributed by atoms with E-state index in [2.05, 4.69) is 15.6 Å². The molecule has 162 valence electrons. The van der Waals surface area contributed by atoms with Crippen LogP contribution >= 0.6 is 0 Å². The number of amides is 2. The van der Waals surface area contributed by atoms with Gasteiger partial charge in [-0.1, -0.05) is 12.1 Å². The van der Waals surface area contributed by atoms with E-state index in [-0.39, 0.29) is 30.7 Å². The van der Waals surface area contributed by atoms with Crippen LogP contribution < -0.4 is 20.1 Å². The highest BCUT2D eigenvalue weighted by Gasteiger charge is 2.17. The van der Waals surface area contributed by atoms with Crippen molar-refractivity contribution in [3.63, 3.8) is 0 Å². The van der Waals surface area contributed by atoms with E-state index in [1.807, 2.05) is 24.3 Å². The summed E-state index contributed by atoms with van der Waals surface area (Å²) in [7, 11) is 0. The van der Waals surface area contributed by atoms with Crippen LogP contribution in [0.1, 0.15) is 16.4 Å². The molecule has 3 heterocycles. The van der Waals surface area contributed by atoms with E-state index in [0.29, 0.717) is 36.2 Å². The third-order valence-electron chi connectivity index (χ3n) is 5.01. The Morgan fingerprint density at radius 1 is 1.00 bits per heavy atom. The fourth-order valence-corrected chi connectivity index (χ4v) is 3.56. The van der Waals surface area contributed by atoms with Crippen molar-refractivity contribution in [2.75, 3.05) is 18.5 Å². The van der Waals surface area contributed by atoms with Gasteiger partial charge in [-0.25, -0.2) is 4.98 Å². The van der Waals surface area contributed by atoms with E-state index in [4.69, 9.17) is 13.9 Å². The Hall–Kier alpha value is -4.27. The number of nitrogens with one attached hydrogen (secondary N) is 2. The third-order valence-corrected chi connectivity index (χ3v) is 5.01. The number of rotatable bonds is 6. The zero-order valence-corrected chi connectivity index (χ0v) is 17.0. The molecule has 0 unspecified atom stereocenters. The lowest BCUT2D eigenvalue weighted by Crippen LogP contribution is -2.26. The van der Waals surface area contributed by atoms with Gasteiger partial charge in [0.05, 0.1) is 23.8 Å². The molecule has 1 aliphatic heterocycles. The van der Waals surface area contributed by atoms with Crippen LogP contribution in [0, 0.1) is 0 Å². The van der Waals surface area contributed by atoms with Gasteiger partial charge in [0.1, 0.15) is 25.6 Å². The second-order valence-corrected chi connectivity index (χ2v) is 7.17. The Labute approximate surface area is 182 Å². The molecule has 9 nitrogen and oxygen atoms in total. The van der Waals surface area contributed by atoms with Crippen molar-refractivity contribution < 1.29 is 23.5 Å². The summed E-state index contributed by atoms with van der Waals surface area (Å²) < 4.78 is 18.0. The van der Waals surface area contributed by atoms with Crippen molar-refractivity contribution in [3.05, 3.63) is 72.4 Å². The van der Waals surface area contributed by atoms with E-state index in [0.717, 1.165) is 11.0 Å². The van der Waals surface area contributed by atoms with Crippen molar-refractivity contribution in [1.82, 2.24) is 14.9 Å². The van der Waals surface area contributed by atoms with Crippen molar-refractivity contribution in [2.24, 2.45) is 0 Å². The average Bonchev–Trinajstić information content (AvgIpc) is 3.46. The first kappa shape index (κ1) is 19.7. The Kier molecular flexibility index (Phi) is 5.20. The molecule has 0 spiro atoms. The predicted octanol–water partition coefficient (Wildman–Crippen LogP) is 2.97. The number of fused-ring (bicyclic) bond motifs is 2. The van der Waals surface area contributed by atoms with Gasteiger partial charge in [-0.05, 0) is 36.4 Å². The van der Waals surface area contributed by atoms with Crippen molar-refractivity contribution in [3.8, 4) is 11.5 Å². The number of para-hydroxylation sites is 2. The lowest BCUT2D eigenvalue weighted by atomic mass is 10.2. The number of imidazole rings is 1. The number of nitrogens with zero attached hydrogens (tertiary/aromatic N) is 2. The molecule has 5 rings (SSSR count). The summed E-state index contributed by atoms with van der Waals surface area (Å²) >= 11 is 0. The maximum atomic E-state index is 12.8. The molecule has 9 heteroatoms. The van der Waals surface area contributed by atoms with Gasteiger partial charge in [-0.2, -0.15) is 0 Å². The van der Waals surface area contributed by atoms with Crippen LogP contribution in [0.2, 0.25) is 0 Å². The van der Waals surface area contributed by atoms with Crippen LogP contribution in [0.5, 0.6) is 11.5 Å². The highest BCUT2D eigenvalue weighted by molar-refractivity contribution is 5.92. The second kappa shape index (κ2) is 8.46. The van der Waals surface area contributed by atoms with Gasteiger partial charge in [-0.3, -0.25) is 9.59 Å². The number of furan rings is 1. The largest absolute Gasteiger partial charge is 0.486 e. The van der Waals surface area contributed by atoms with E-state index in [1.54, 1.807) is 34.9 Å². The Bertz CT molecular complexity index is 1280. The molecule has 0 radical (unpaired) electrons. The number of carbonyl (C=O) groups excluding carboxylic acids is 2. The molecule has 0 bridgehead atoms. The van der Waals surface area contributed by atoms with Crippen molar-refractivity contribution in [2.45, 2.75) is 13.1 Å². The second-order valence-electron chi connectivity index (χ2n) is 7.17. The average molecular weight is 432 g/mol. The Morgan fingerprint density at radius 3 is 2.69 bits per heavy atom. The smallest absolute Gasteiger partial charge is 0.287 e. The summed E-state index contributed by atoms with van der Waals surface area (Å²) in [6.07, 6.45) is 1.44. The molecule has 2 aromatic heterocycles. The molecule has 1 aliphatic rings. The van der Waals surface area contributed by atoms with Gasteiger partial charge in [0, 0.05) is 11.8 Å². The molecule has 0 saturated heterocycles. The maximum Gasteiger partial charge on any atom is 0.287 e. The molecular formula is C23H20N4O5. The molecule has 4 aromatic rings. The standard InChI is InChI=1S/C23H20N4O5/c28-22(25-15-7-8-18-20(12-15)32-11-10-31-18)14-27-17-5-2-1-4-16(17)26-21(27)13-24-23(29)19-6-3-9-30-19/h1-9,12H,10-11,13-14H2,(H,24,29)(H,25,28). The third kappa shape index (κ3) is 4.00. The van der Waals surface area contributed by atoms with E-state index < -0.39 is 0 Å². The zero-order valence-electron chi connectivity index (χ0n) is 17.0. The molecule has 0 atom stereocenters. The Morgan fingerprint density at radius 2 is 1.84 bits per heavy atom. The first-order valence-corrected chi connectivity index (χ1v) is 10.1. The molecule has 0 saturated carbocycles. The lowest BCUT2D eigenvalue weighted by Gasteiger charge is -2.19. The predicted molar refractivity (Wildman–Crippen MR) is 116 cm³/mol. The van der Waals surface area contributed by atoms with Crippen LogP contribution in [0.4, 0.5) is 5.69 Å². The minimum absolute atomic E-state index is 0.0287. The van der Waals surface area contributed by atoms with Gasteiger partial charge in [0.15, 0.2) is 17.3 Å². The van der Waals surface area contributed by atoms with Gasteiger partial charge in [0.25, 0.3) is 5.91 Å². The van der Waals surface area contributed by atoms with Crippen molar-refractivity contribution >= 4 is 28.5 Å². The quantitative estimate of drug-likeness (QED) is 0.485. The van der Waals surface area contributed by atoms with E-state index >= 15 is 0 Å². The number of anilines is 1. The molecule has 2 aromatic carbocycles. The lowest BCUT2D eigenvalue weighted by molar-refractivity contribution is -0.116. The topological polar surface area (TPSA) is 108 Å². The van der Waals surface area contributed by atoms with Gasteiger partial charge in [-0.15, -0.1) is 0 Å². The molecule has 0 fully saturated rings. The first-order chi connectivity index (χ1) is 15.7. The number of hydrogen-bond acceptors (Lipinski definition) is 6. The SMILES string of the molecule is O=C(Cn1c(CNC(=O)c2ccco2)nc2ccccc21)Nc1ccc2c(c1)OCCO2. The number of ether oxygens (including phenoxy) is 2. The minimum Gasteiger partial charge on any atom is -0.486 e. The monoisotopic (exact) mass is 432 g/mol. The van der Waals surface area contributed by atoms with Gasteiger partial charge in [0.2, 0.25) is 5.91 Å². The zero-order chi connectivity index (χ0) is 21.9. The molecule has 0 aliphatic carbocycles. The summed E-state index contributed by atoms with van der Waals surface area (Å²) in [4.78, 5) is 29.7. The Balaban J connectivity index is 1.34. The molecule has 2 N–H and O–H groups in total. The summed E-state index contributed by atoms with van der Waals surface area (Å²) in [5, 5.41) is 5.67. The first-order valence-electron chi connectivity index (χ1n) is 10.1. The highest BCUT2D eigenvalue weighted by Crippen LogP contribution is 2.32. The summed E-state index contributed by atoms with van der Waals surface area (Å²) in [5.41, 5.74) is 2.14. The molecular weight excluding hydrogens is 412 g/mol. The van der Waals surface area contributed by atoms with Crippen LogP contribution in [0.3, 0.4) is 0 Å². The fraction of sp³-hybridized carbons (Fsp3) is 0.174.